The van der Waals surface area contributed by atoms with Gasteiger partial charge in [-0.3, -0.25) is 9.59 Å². The number of piperazine rings is 1. The van der Waals surface area contributed by atoms with Crippen LogP contribution in [0.25, 0.3) is 0 Å². The summed E-state index contributed by atoms with van der Waals surface area (Å²) in [5.41, 5.74) is -0.119. The van der Waals surface area contributed by atoms with Gasteiger partial charge in [0.25, 0.3) is 11.8 Å². The zero-order valence-corrected chi connectivity index (χ0v) is 17.3. The molecule has 1 aliphatic heterocycles. The van der Waals surface area contributed by atoms with Crippen molar-refractivity contribution in [2.24, 2.45) is 0 Å². The first-order valence-electron chi connectivity index (χ1n) is 9.57. The second-order valence-corrected chi connectivity index (χ2v) is 7.17. The minimum Gasteiger partial charge on any atom is -0.497 e. The van der Waals surface area contributed by atoms with E-state index in [9.17, 15) is 18.4 Å². The highest BCUT2D eigenvalue weighted by atomic mass is 19.1. The van der Waals surface area contributed by atoms with Crippen molar-refractivity contribution in [2.45, 2.75) is 25.9 Å². The molecule has 30 heavy (non-hydrogen) atoms. The van der Waals surface area contributed by atoms with E-state index in [-0.39, 0.29) is 24.2 Å². The average Bonchev–Trinajstić information content (AvgIpc) is 2.74. The number of nitrogens with zero attached hydrogens (tertiary/aromatic N) is 2. The van der Waals surface area contributed by atoms with E-state index in [1.54, 1.807) is 13.8 Å². The fourth-order valence-electron chi connectivity index (χ4n) is 3.62. The van der Waals surface area contributed by atoms with Gasteiger partial charge >= 0.3 is 0 Å². The van der Waals surface area contributed by atoms with Crippen molar-refractivity contribution >= 4 is 11.8 Å². The minimum absolute atomic E-state index is 0.0594. The molecule has 1 aliphatic rings. The molecule has 0 bridgehead atoms. The highest BCUT2D eigenvalue weighted by Crippen LogP contribution is 2.25. The monoisotopic (exact) mass is 418 g/mol. The van der Waals surface area contributed by atoms with Crippen molar-refractivity contribution in [3.63, 3.8) is 0 Å². The summed E-state index contributed by atoms with van der Waals surface area (Å²) in [5, 5.41) is 0. The molecule has 1 saturated heterocycles. The molecule has 1 heterocycles. The van der Waals surface area contributed by atoms with Crippen LogP contribution in [0.4, 0.5) is 8.78 Å². The second kappa shape index (κ2) is 8.69. The Labute approximate surface area is 174 Å². The van der Waals surface area contributed by atoms with Crippen molar-refractivity contribution < 1.29 is 27.8 Å². The van der Waals surface area contributed by atoms with Crippen molar-refractivity contribution in [3.05, 3.63) is 59.2 Å². The molecule has 8 heteroatoms. The quantitative estimate of drug-likeness (QED) is 0.764. The lowest BCUT2D eigenvalue weighted by molar-refractivity contribution is 0.0236. The third kappa shape index (κ3) is 3.94. The molecular formula is C22H24F2N2O4. The number of benzene rings is 2. The van der Waals surface area contributed by atoms with Gasteiger partial charge in [-0.2, -0.15) is 0 Å². The number of halogens is 2. The van der Waals surface area contributed by atoms with Gasteiger partial charge in [0, 0.05) is 37.3 Å². The SMILES string of the molecule is COc1ccc(C(=O)N2CCN(C(=O)c3ccc(OC)cc3F)C(C)C2C)c(F)c1. The van der Waals surface area contributed by atoms with Crippen molar-refractivity contribution in [3.8, 4) is 11.5 Å². The Morgan fingerprint density at radius 1 is 0.800 bits per heavy atom. The van der Waals surface area contributed by atoms with E-state index in [0.717, 1.165) is 12.1 Å². The molecule has 2 unspecified atom stereocenters. The lowest BCUT2D eigenvalue weighted by atomic mass is 10.0. The van der Waals surface area contributed by atoms with Gasteiger partial charge in [0.1, 0.15) is 23.1 Å². The highest BCUT2D eigenvalue weighted by molar-refractivity contribution is 5.97. The molecule has 2 amide bonds. The number of carbonyl (C=O) groups is 2. The number of methoxy groups -OCH3 is 2. The number of hydrogen-bond acceptors (Lipinski definition) is 4. The Morgan fingerprint density at radius 2 is 1.17 bits per heavy atom. The standard InChI is InChI=1S/C22H24F2N2O4/c1-13-14(2)26(22(28)18-8-6-16(30-4)12-20(18)24)10-9-25(13)21(27)17-7-5-15(29-3)11-19(17)23/h5-8,11-14H,9-10H2,1-4H3. The number of hydrogen-bond donors (Lipinski definition) is 0. The molecule has 1 fully saturated rings. The molecule has 0 saturated carbocycles. The van der Waals surface area contributed by atoms with Gasteiger partial charge in [0.2, 0.25) is 0 Å². The first kappa shape index (κ1) is 21.5. The summed E-state index contributed by atoms with van der Waals surface area (Å²) in [6, 6.07) is 7.36. The highest BCUT2D eigenvalue weighted by Gasteiger charge is 2.37. The van der Waals surface area contributed by atoms with Gasteiger partial charge in [-0.15, -0.1) is 0 Å². The van der Waals surface area contributed by atoms with E-state index in [2.05, 4.69) is 0 Å². The molecule has 0 aliphatic carbocycles. The van der Waals surface area contributed by atoms with Crippen LogP contribution < -0.4 is 9.47 Å². The van der Waals surface area contributed by atoms with E-state index in [1.165, 1.54) is 48.3 Å². The van der Waals surface area contributed by atoms with E-state index in [4.69, 9.17) is 9.47 Å². The van der Waals surface area contributed by atoms with Gasteiger partial charge in [-0.25, -0.2) is 8.78 Å². The molecule has 2 aromatic rings. The van der Waals surface area contributed by atoms with Crippen molar-refractivity contribution in [2.75, 3.05) is 27.3 Å². The molecule has 0 radical (unpaired) electrons. The lowest BCUT2D eigenvalue weighted by Gasteiger charge is -2.45. The van der Waals surface area contributed by atoms with Crippen molar-refractivity contribution in [1.29, 1.82) is 0 Å². The Kier molecular flexibility index (Phi) is 6.24. The lowest BCUT2D eigenvalue weighted by Crippen LogP contribution is -2.60. The van der Waals surface area contributed by atoms with E-state index in [1.807, 2.05) is 0 Å². The van der Waals surface area contributed by atoms with E-state index >= 15 is 0 Å². The zero-order chi connectivity index (χ0) is 22.0. The van der Waals surface area contributed by atoms with Crippen LogP contribution in [0.2, 0.25) is 0 Å². The second-order valence-electron chi connectivity index (χ2n) is 7.17. The van der Waals surface area contributed by atoms with Crippen molar-refractivity contribution in [1.82, 2.24) is 9.80 Å². The molecule has 2 atom stereocenters. The minimum atomic E-state index is -0.669. The first-order chi connectivity index (χ1) is 14.3. The molecule has 2 aromatic carbocycles. The number of carbonyl (C=O) groups excluding carboxylic acids is 2. The normalized spacial score (nSPS) is 18.9. The van der Waals surface area contributed by atoms with Crippen LogP contribution >= 0.6 is 0 Å². The molecule has 0 N–H and O–H groups in total. The summed E-state index contributed by atoms with van der Waals surface area (Å²) in [5.74, 6) is -1.62. The smallest absolute Gasteiger partial charge is 0.257 e. The zero-order valence-electron chi connectivity index (χ0n) is 17.3. The molecule has 0 aromatic heterocycles. The molecular weight excluding hydrogens is 394 g/mol. The van der Waals surface area contributed by atoms with Crippen LogP contribution in [0.15, 0.2) is 36.4 Å². The molecule has 0 spiro atoms. The largest absolute Gasteiger partial charge is 0.497 e. The van der Waals surface area contributed by atoms with E-state index < -0.39 is 35.5 Å². The number of amides is 2. The molecule has 3 rings (SSSR count). The molecule has 6 nitrogen and oxygen atoms in total. The maximum atomic E-state index is 14.4. The first-order valence-corrected chi connectivity index (χ1v) is 9.57. The predicted octanol–water partition coefficient (Wildman–Crippen LogP) is 3.36. The Balaban J connectivity index is 1.78. The average molecular weight is 418 g/mol. The fourth-order valence-corrected chi connectivity index (χ4v) is 3.62. The van der Waals surface area contributed by atoms with Crippen LogP contribution in [0.5, 0.6) is 11.5 Å². The summed E-state index contributed by atoms with van der Waals surface area (Å²) in [6.07, 6.45) is 0. The molecule has 160 valence electrons. The van der Waals surface area contributed by atoms with Crippen LogP contribution in [0, 0.1) is 11.6 Å². The third-order valence-corrected chi connectivity index (χ3v) is 5.60. The third-order valence-electron chi connectivity index (χ3n) is 5.60. The van der Waals surface area contributed by atoms with Crippen LogP contribution in [-0.4, -0.2) is 61.0 Å². The number of ether oxygens (including phenoxy) is 2. The summed E-state index contributed by atoms with van der Waals surface area (Å²) in [6.45, 7) is 3.99. The topological polar surface area (TPSA) is 59.1 Å². The predicted molar refractivity (Wildman–Crippen MR) is 107 cm³/mol. The van der Waals surface area contributed by atoms with Crippen LogP contribution in [-0.2, 0) is 0 Å². The maximum Gasteiger partial charge on any atom is 0.257 e. The van der Waals surface area contributed by atoms with Gasteiger partial charge in [0.05, 0.1) is 25.3 Å². The summed E-state index contributed by atoms with van der Waals surface area (Å²) < 4.78 is 38.7. The maximum absolute atomic E-state index is 14.4. The van der Waals surface area contributed by atoms with Gasteiger partial charge in [0.15, 0.2) is 0 Å². The Bertz CT molecular complexity index is 889. The number of rotatable bonds is 4. The van der Waals surface area contributed by atoms with Gasteiger partial charge in [-0.05, 0) is 38.1 Å². The fraction of sp³-hybridized carbons (Fsp3) is 0.364. The van der Waals surface area contributed by atoms with Gasteiger partial charge < -0.3 is 19.3 Å². The van der Waals surface area contributed by atoms with Gasteiger partial charge in [-0.1, -0.05) is 0 Å². The summed E-state index contributed by atoms with van der Waals surface area (Å²) in [4.78, 5) is 28.9. The summed E-state index contributed by atoms with van der Waals surface area (Å²) >= 11 is 0. The summed E-state index contributed by atoms with van der Waals surface area (Å²) in [7, 11) is 2.84. The van der Waals surface area contributed by atoms with Crippen LogP contribution in [0.1, 0.15) is 34.6 Å². The van der Waals surface area contributed by atoms with Crippen LogP contribution in [0.3, 0.4) is 0 Å². The van der Waals surface area contributed by atoms with E-state index in [0.29, 0.717) is 11.5 Å². The Morgan fingerprint density at radius 3 is 1.47 bits per heavy atom. The Hall–Kier alpha value is -3.16.